The van der Waals surface area contributed by atoms with Gasteiger partial charge in [0.15, 0.2) is 0 Å². The molecule has 0 radical (unpaired) electrons. The predicted molar refractivity (Wildman–Crippen MR) is 151 cm³/mol. The van der Waals surface area contributed by atoms with Gasteiger partial charge in [0, 0.05) is 13.3 Å². The van der Waals surface area contributed by atoms with Gasteiger partial charge < -0.3 is 5.11 Å². The molecule has 1 heterocycles. The highest BCUT2D eigenvalue weighted by Gasteiger charge is 2.32. The Bertz CT molecular complexity index is 1730. The Morgan fingerprint density at radius 1 is 0.730 bits per heavy atom. The highest BCUT2D eigenvalue weighted by molar-refractivity contribution is 6.23. The molecule has 0 spiro atoms. The number of para-hydroxylation sites is 1. The van der Waals surface area contributed by atoms with Crippen molar-refractivity contribution in [1.29, 1.82) is 0 Å². The number of nitrogens with zero attached hydrogens (tertiary/aromatic N) is 2. The maximum atomic E-state index is 12.5. The first kappa shape index (κ1) is 22.7. The van der Waals surface area contributed by atoms with Gasteiger partial charge in [0.1, 0.15) is 5.75 Å². The molecule has 0 saturated carbocycles. The zero-order valence-electron chi connectivity index (χ0n) is 20.5. The molecule has 37 heavy (non-hydrogen) atoms. The summed E-state index contributed by atoms with van der Waals surface area (Å²) in [5.74, 6) is 0.291. The summed E-state index contributed by atoms with van der Waals surface area (Å²) in [7, 11) is 0. The molecule has 6 aromatic rings. The van der Waals surface area contributed by atoms with Gasteiger partial charge in [-0.3, -0.25) is 4.79 Å². The Morgan fingerprint density at radius 3 is 1.95 bits per heavy atom. The summed E-state index contributed by atoms with van der Waals surface area (Å²) in [6.07, 6.45) is 0.716. The summed E-state index contributed by atoms with van der Waals surface area (Å²) in [6.45, 7) is 1.60. The van der Waals surface area contributed by atoms with Crippen LogP contribution in [0.1, 0.15) is 30.5 Å². The number of phenolic OH excluding ortho intramolecular Hbond substituents is 1. The molecule has 1 N–H and O–H groups in total. The van der Waals surface area contributed by atoms with E-state index in [2.05, 4.69) is 66.7 Å². The highest BCUT2D eigenvalue weighted by Crippen LogP contribution is 2.41. The highest BCUT2D eigenvalue weighted by atomic mass is 16.3. The monoisotopic (exact) mass is 482 g/mol. The number of hydrazone groups is 1. The number of aromatic hydroxyl groups is 1. The number of rotatable bonds is 2. The second kappa shape index (κ2) is 9.40. The fourth-order valence-electron chi connectivity index (χ4n) is 5.32. The Balaban J connectivity index is 0.000000314. The topological polar surface area (TPSA) is 52.9 Å². The van der Waals surface area contributed by atoms with Crippen molar-refractivity contribution in [3.63, 3.8) is 0 Å². The van der Waals surface area contributed by atoms with Crippen LogP contribution < -0.4 is 0 Å². The Hall–Kier alpha value is -4.70. The van der Waals surface area contributed by atoms with Gasteiger partial charge in [-0.25, -0.2) is 5.01 Å². The number of phenols is 1. The molecule has 1 aliphatic heterocycles. The van der Waals surface area contributed by atoms with Crippen molar-refractivity contribution >= 4 is 43.9 Å². The van der Waals surface area contributed by atoms with E-state index in [1.807, 2.05) is 24.3 Å². The van der Waals surface area contributed by atoms with E-state index in [0.717, 1.165) is 16.8 Å². The number of hydrogen-bond donors (Lipinski definition) is 1. The SMILES string of the molecule is CC(=O)N1N=C(c2ccccc2)C[C@H]1c1ccc2ccc3cccc4ccc1c2c34.Oc1ccccc1. The zero-order valence-corrected chi connectivity index (χ0v) is 20.5. The third-order valence-electron chi connectivity index (χ3n) is 7.02. The van der Waals surface area contributed by atoms with Crippen LogP contribution >= 0.6 is 0 Å². The largest absolute Gasteiger partial charge is 0.508 e. The van der Waals surface area contributed by atoms with Crippen molar-refractivity contribution in [3.05, 3.63) is 126 Å². The molecule has 0 bridgehead atoms. The van der Waals surface area contributed by atoms with E-state index in [-0.39, 0.29) is 11.9 Å². The molecule has 7 rings (SSSR count). The quantitative estimate of drug-likeness (QED) is 0.257. The third-order valence-corrected chi connectivity index (χ3v) is 7.02. The van der Waals surface area contributed by atoms with Crippen LogP contribution in [-0.4, -0.2) is 21.7 Å². The van der Waals surface area contributed by atoms with E-state index in [1.54, 1.807) is 36.2 Å². The minimum Gasteiger partial charge on any atom is -0.508 e. The number of benzene rings is 6. The maximum Gasteiger partial charge on any atom is 0.240 e. The Labute approximate surface area is 215 Å². The van der Waals surface area contributed by atoms with Gasteiger partial charge in [-0.1, -0.05) is 103 Å². The minimum absolute atomic E-state index is 0.0309. The van der Waals surface area contributed by atoms with Gasteiger partial charge >= 0.3 is 0 Å². The van der Waals surface area contributed by atoms with Crippen molar-refractivity contribution in [1.82, 2.24) is 5.01 Å². The van der Waals surface area contributed by atoms with Crippen LogP contribution in [0.3, 0.4) is 0 Å². The van der Waals surface area contributed by atoms with Gasteiger partial charge in [-0.15, -0.1) is 0 Å². The first-order valence-corrected chi connectivity index (χ1v) is 12.4. The molecule has 0 unspecified atom stereocenters. The Kier molecular flexibility index (Phi) is 5.78. The molecule has 4 heteroatoms. The second-order valence-corrected chi connectivity index (χ2v) is 9.34. The van der Waals surface area contributed by atoms with Crippen LogP contribution in [-0.2, 0) is 4.79 Å². The van der Waals surface area contributed by atoms with Gasteiger partial charge in [0.05, 0.1) is 11.8 Å². The standard InChI is InChI=1S/C27H20N2O.C6H6O/c1-17(30)29-25(16-24(28-29)18-6-3-2-4-7-18)22-14-12-21-11-10-19-8-5-9-20-13-15-23(22)27(21)26(19)20;7-6-4-2-1-3-5-6/h2-15,25H,16H2,1H3;1-5,7H/t25-;/m0./s1. The van der Waals surface area contributed by atoms with Crippen molar-refractivity contribution < 1.29 is 9.90 Å². The van der Waals surface area contributed by atoms with Crippen LogP contribution in [0.15, 0.2) is 120 Å². The van der Waals surface area contributed by atoms with Crippen molar-refractivity contribution in [3.8, 4) is 5.75 Å². The molecule has 4 nitrogen and oxygen atoms in total. The number of hydrogen-bond acceptors (Lipinski definition) is 3. The van der Waals surface area contributed by atoms with Gasteiger partial charge in [-0.05, 0) is 55.6 Å². The smallest absolute Gasteiger partial charge is 0.240 e. The lowest BCUT2D eigenvalue weighted by atomic mass is 9.88. The average molecular weight is 483 g/mol. The lowest BCUT2D eigenvalue weighted by Crippen LogP contribution is -2.24. The molecule has 180 valence electrons. The summed E-state index contributed by atoms with van der Waals surface area (Å²) >= 11 is 0. The fourth-order valence-corrected chi connectivity index (χ4v) is 5.32. The van der Waals surface area contributed by atoms with Crippen LogP contribution in [0, 0.1) is 0 Å². The van der Waals surface area contributed by atoms with Crippen molar-refractivity contribution in [2.75, 3.05) is 0 Å². The first-order chi connectivity index (χ1) is 18.1. The molecule has 1 atom stereocenters. The summed E-state index contributed by atoms with van der Waals surface area (Å²) in [6, 6.07) is 38.3. The molecular formula is C33H26N2O2. The van der Waals surface area contributed by atoms with Crippen molar-refractivity contribution in [2.45, 2.75) is 19.4 Å². The molecule has 0 fully saturated rings. The fraction of sp³-hybridized carbons (Fsp3) is 0.0909. The van der Waals surface area contributed by atoms with Gasteiger partial charge in [0.2, 0.25) is 5.91 Å². The summed E-state index contributed by atoms with van der Waals surface area (Å²) in [5, 5.41) is 22.5. The number of carbonyl (C=O) groups excluding carboxylic acids is 1. The molecule has 1 aliphatic rings. The van der Waals surface area contributed by atoms with Gasteiger partial charge in [-0.2, -0.15) is 5.10 Å². The van der Waals surface area contributed by atoms with Gasteiger partial charge in [0.25, 0.3) is 0 Å². The maximum absolute atomic E-state index is 12.5. The Morgan fingerprint density at radius 2 is 1.32 bits per heavy atom. The molecule has 0 aromatic heterocycles. The van der Waals surface area contributed by atoms with E-state index in [0.29, 0.717) is 12.2 Å². The number of carbonyl (C=O) groups is 1. The van der Waals surface area contributed by atoms with Crippen molar-refractivity contribution in [2.24, 2.45) is 5.10 Å². The van der Waals surface area contributed by atoms with E-state index in [1.165, 1.54) is 32.3 Å². The molecule has 0 aliphatic carbocycles. The summed E-state index contributed by atoms with van der Waals surface area (Å²) in [5.41, 5.74) is 3.19. The van der Waals surface area contributed by atoms with E-state index in [4.69, 9.17) is 10.2 Å². The summed E-state index contributed by atoms with van der Waals surface area (Å²) in [4.78, 5) is 12.5. The van der Waals surface area contributed by atoms with Crippen LogP contribution in [0.2, 0.25) is 0 Å². The van der Waals surface area contributed by atoms with E-state index < -0.39 is 0 Å². The molecule has 1 amide bonds. The molecule has 6 aromatic carbocycles. The molecule has 0 saturated heterocycles. The lowest BCUT2D eigenvalue weighted by Gasteiger charge is -2.23. The normalized spacial score (nSPS) is 15.1. The van der Waals surface area contributed by atoms with E-state index in [9.17, 15) is 4.79 Å². The zero-order chi connectivity index (χ0) is 25.4. The van der Waals surface area contributed by atoms with Crippen LogP contribution in [0.5, 0.6) is 5.75 Å². The van der Waals surface area contributed by atoms with E-state index >= 15 is 0 Å². The van der Waals surface area contributed by atoms with Crippen LogP contribution in [0.4, 0.5) is 0 Å². The lowest BCUT2D eigenvalue weighted by molar-refractivity contribution is -0.130. The third kappa shape index (κ3) is 4.17. The molecular weight excluding hydrogens is 456 g/mol. The summed E-state index contributed by atoms with van der Waals surface area (Å²) < 4.78 is 0. The average Bonchev–Trinajstić information content (AvgIpc) is 3.39. The van der Waals surface area contributed by atoms with Crippen LogP contribution in [0.25, 0.3) is 32.3 Å². The first-order valence-electron chi connectivity index (χ1n) is 12.4. The predicted octanol–water partition coefficient (Wildman–Crippen LogP) is 7.67. The number of amides is 1. The second-order valence-electron chi connectivity index (χ2n) is 9.34. The minimum atomic E-state index is -0.0951.